The summed E-state index contributed by atoms with van der Waals surface area (Å²) in [6.45, 7) is 4.88. The number of hydrogen-bond donors (Lipinski definition) is 1. The van der Waals surface area contributed by atoms with Crippen molar-refractivity contribution < 1.29 is 4.79 Å². The third-order valence-electron chi connectivity index (χ3n) is 6.68. The first-order valence-electron chi connectivity index (χ1n) is 11.8. The fourth-order valence-corrected chi connectivity index (χ4v) is 5.72. The van der Waals surface area contributed by atoms with Gasteiger partial charge in [-0.3, -0.25) is 15.1 Å². The summed E-state index contributed by atoms with van der Waals surface area (Å²) in [6.07, 6.45) is 1.86. The number of hydrogen-bond acceptors (Lipinski definition) is 3. The van der Waals surface area contributed by atoms with Crippen LogP contribution in [0.25, 0.3) is 22.7 Å². The zero-order chi connectivity index (χ0) is 24.8. The molecule has 4 aromatic rings. The molecule has 0 aliphatic carbocycles. The number of rotatable bonds is 4. The standard InChI is InChI=1S/C30H24N4OS/c1-19-13-14-26-24(15-19)23(20(2)33(26)17-21-9-5-3-6-10-21)16-25-28(31)34-27(22-11-7-4-8-12-22)18-36-30(34)32-29(25)35/h3-16,18,31H,17H2,1-2H3/b25-16-,31-28?. The summed E-state index contributed by atoms with van der Waals surface area (Å²) in [7, 11) is 0. The second-order valence-electron chi connectivity index (χ2n) is 9.02. The van der Waals surface area contributed by atoms with Crippen LogP contribution in [0.15, 0.2) is 94.8 Å². The number of aliphatic imine (C=N–C) groups is 1. The molecule has 0 saturated carbocycles. The quantitative estimate of drug-likeness (QED) is 0.329. The van der Waals surface area contributed by atoms with Gasteiger partial charge in [0.2, 0.25) is 0 Å². The fourth-order valence-electron chi connectivity index (χ4n) is 4.83. The van der Waals surface area contributed by atoms with E-state index in [1.54, 1.807) is 4.90 Å². The molecule has 176 valence electrons. The van der Waals surface area contributed by atoms with Crippen molar-refractivity contribution in [3.8, 4) is 0 Å². The van der Waals surface area contributed by atoms with Crippen LogP contribution in [0, 0.1) is 19.3 Å². The predicted octanol–water partition coefficient (Wildman–Crippen LogP) is 6.61. The lowest BCUT2D eigenvalue weighted by atomic mass is 10.0. The third-order valence-corrected chi connectivity index (χ3v) is 7.51. The number of carbonyl (C=O) groups is 1. The summed E-state index contributed by atoms with van der Waals surface area (Å²) in [5, 5.41) is 12.6. The summed E-state index contributed by atoms with van der Waals surface area (Å²) in [5.74, 6) is -0.224. The maximum atomic E-state index is 13.1. The lowest BCUT2D eigenvalue weighted by molar-refractivity contribution is -0.114. The lowest BCUT2D eigenvalue weighted by Gasteiger charge is -2.27. The molecule has 0 fully saturated rings. The van der Waals surface area contributed by atoms with Crippen LogP contribution >= 0.6 is 11.8 Å². The second-order valence-corrected chi connectivity index (χ2v) is 9.86. The number of amides is 1. The lowest BCUT2D eigenvalue weighted by Crippen LogP contribution is -2.38. The van der Waals surface area contributed by atoms with Gasteiger partial charge in [0.1, 0.15) is 5.84 Å². The minimum Gasteiger partial charge on any atom is -0.340 e. The number of aryl methyl sites for hydroxylation is 1. The molecule has 3 aromatic carbocycles. The van der Waals surface area contributed by atoms with E-state index < -0.39 is 0 Å². The Kier molecular flexibility index (Phi) is 5.46. The van der Waals surface area contributed by atoms with E-state index in [1.807, 2.05) is 60.0 Å². The highest BCUT2D eigenvalue weighted by atomic mass is 32.2. The van der Waals surface area contributed by atoms with Crippen LogP contribution in [0.4, 0.5) is 0 Å². The maximum absolute atomic E-state index is 13.1. The predicted molar refractivity (Wildman–Crippen MR) is 149 cm³/mol. The zero-order valence-electron chi connectivity index (χ0n) is 20.0. The molecule has 3 heterocycles. The molecule has 0 radical (unpaired) electrons. The SMILES string of the molecule is Cc1ccc2c(c1)c(/C=C1/C(=N)N3C(c4ccccc4)=CSC3=NC1=O)c(C)n2Cc1ccccc1. The number of nitrogens with zero attached hydrogens (tertiary/aromatic N) is 3. The molecule has 1 aromatic heterocycles. The topological polar surface area (TPSA) is 61.5 Å². The van der Waals surface area contributed by atoms with Crippen LogP contribution < -0.4 is 0 Å². The Labute approximate surface area is 214 Å². The molecule has 0 atom stereocenters. The summed E-state index contributed by atoms with van der Waals surface area (Å²) >= 11 is 1.38. The van der Waals surface area contributed by atoms with Gasteiger partial charge in [-0.15, -0.1) is 0 Å². The molecule has 0 unspecified atom stereocenters. The van der Waals surface area contributed by atoms with Gasteiger partial charge in [0.25, 0.3) is 5.91 Å². The Bertz CT molecular complexity index is 1630. The fraction of sp³-hybridized carbons (Fsp3) is 0.100. The third kappa shape index (κ3) is 3.71. The van der Waals surface area contributed by atoms with Gasteiger partial charge in [-0.1, -0.05) is 84.1 Å². The number of thioether (sulfide) groups is 1. The van der Waals surface area contributed by atoms with Crippen LogP contribution in [0.1, 0.15) is 27.9 Å². The van der Waals surface area contributed by atoms with E-state index in [-0.39, 0.29) is 11.7 Å². The molecule has 0 saturated heterocycles. The maximum Gasteiger partial charge on any atom is 0.283 e. The first kappa shape index (κ1) is 22.3. The van der Waals surface area contributed by atoms with E-state index in [1.165, 1.54) is 17.3 Å². The van der Waals surface area contributed by atoms with E-state index in [4.69, 9.17) is 5.41 Å². The molecular weight excluding hydrogens is 464 g/mol. The Morgan fingerprint density at radius 3 is 2.44 bits per heavy atom. The summed E-state index contributed by atoms with van der Waals surface area (Å²) < 4.78 is 2.28. The molecule has 1 N–H and O–H groups in total. The first-order chi connectivity index (χ1) is 17.5. The van der Waals surface area contributed by atoms with Crippen molar-refractivity contribution in [2.24, 2.45) is 4.99 Å². The van der Waals surface area contributed by atoms with Crippen LogP contribution in [-0.4, -0.2) is 26.4 Å². The highest BCUT2D eigenvalue weighted by Crippen LogP contribution is 2.38. The molecule has 2 aliphatic rings. The summed E-state index contributed by atoms with van der Waals surface area (Å²) in [4.78, 5) is 19.3. The van der Waals surface area contributed by atoms with Crippen LogP contribution in [0.5, 0.6) is 0 Å². The minimum absolute atomic E-state index is 0.154. The van der Waals surface area contributed by atoms with E-state index in [9.17, 15) is 4.79 Å². The van der Waals surface area contributed by atoms with Gasteiger partial charge < -0.3 is 4.57 Å². The highest BCUT2D eigenvalue weighted by molar-refractivity contribution is 8.17. The van der Waals surface area contributed by atoms with Crippen molar-refractivity contribution >= 4 is 51.3 Å². The van der Waals surface area contributed by atoms with E-state index in [0.717, 1.165) is 45.5 Å². The molecule has 5 nitrogen and oxygen atoms in total. The monoisotopic (exact) mass is 488 g/mol. The van der Waals surface area contributed by atoms with Gasteiger partial charge >= 0.3 is 0 Å². The number of nitrogens with one attached hydrogen (secondary N) is 1. The van der Waals surface area contributed by atoms with E-state index in [0.29, 0.717) is 10.7 Å². The Morgan fingerprint density at radius 2 is 1.69 bits per heavy atom. The number of amidine groups is 2. The minimum atomic E-state index is -0.377. The van der Waals surface area contributed by atoms with E-state index in [2.05, 4.69) is 53.7 Å². The second kappa shape index (κ2) is 8.81. The van der Waals surface area contributed by atoms with Crippen LogP contribution in [0.2, 0.25) is 0 Å². The average Bonchev–Trinajstić information content (AvgIpc) is 3.42. The van der Waals surface area contributed by atoms with Gasteiger partial charge in [0.05, 0.1) is 11.3 Å². The number of aromatic nitrogens is 1. The zero-order valence-corrected chi connectivity index (χ0v) is 20.8. The largest absolute Gasteiger partial charge is 0.340 e. The van der Waals surface area contributed by atoms with Gasteiger partial charge in [0, 0.05) is 34.1 Å². The van der Waals surface area contributed by atoms with Gasteiger partial charge in [-0.05, 0) is 43.2 Å². The van der Waals surface area contributed by atoms with Crippen molar-refractivity contribution in [1.29, 1.82) is 5.41 Å². The van der Waals surface area contributed by atoms with E-state index >= 15 is 0 Å². The van der Waals surface area contributed by atoms with Gasteiger partial charge in [0.15, 0.2) is 5.17 Å². The van der Waals surface area contributed by atoms with Gasteiger partial charge in [-0.2, -0.15) is 4.99 Å². The Morgan fingerprint density at radius 1 is 0.972 bits per heavy atom. The van der Waals surface area contributed by atoms with Crippen molar-refractivity contribution in [1.82, 2.24) is 9.47 Å². The summed E-state index contributed by atoms with van der Waals surface area (Å²) in [5.41, 5.74) is 7.61. The Hall–Kier alpha value is -4.16. The Balaban J connectivity index is 1.47. The van der Waals surface area contributed by atoms with Crippen LogP contribution in [0.3, 0.4) is 0 Å². The molecule has 6 heteroatoms. The molecule has 0 spiro atoms. The summed E-state index contributed by atoms with van der Waals surface area (Å²) in [6, 6.07) is 26.7. The normalized spacial score (nSPS) is 16.5. The molecule has 0 bridgehead atoms. The number of benzene rings is 3. The van der Waals surface area contributed by atoms with Crippen LogP contribution in [-0.2, 0) is 11.3 Å². The number of carbonyl (C=O) groups excluding carboxylic acids is 1. The molecular formula is C30H24N4OS. The highest BCUT2D eigenvalue weighted by Gasteiger charge is 2.36. The average molecular weight is 489 g/mol. The van der Waals surface area contributed by atoms with Crippen molar-refractivity contribution in [2.75, 3.05) is 0 Å². The molecule has 2 aliphatic heterocycles. The number of fused-ring (bicyclic) bond motifs is 2. The van der Waals surface area contributed by atoms with Crippen molar-refractivity contribution in [3.05, 3.63) is 118 Å². The van der Waals surface area contributed by atoms with Gasteiger partial charge in [-0.25, -0.2) is 0 Å². The van der Waals surface area contributed by atoms with Crippen molar-refractivity contribution in [3.63, 3.8) is 0 Å². The smallest absolute Gasteiger partial charge is 0.283 e. The van der Waals surface area contributed by atoms with Crippen molar-refractivity contribution in [2.45, 2.75) is 20.4 Å². The first-order valence-corrected chi connectivity index (χ1v) is 12.7. The molecule has 36 heavy (non-hydrogen) atoms. The molecule has 1 amide bonds. The molecule has 6 rings (SSSR count).